The molecule has 1 saturated heterocycles. The van der Waals surface area contributed by atoms with Gasteiger partial charge in [0.1, 0.15) is 0 Å². The van der Waals surface area contributed by atoms with E-state index in [2.05, 4.69) is 20.0 Å². The molecule has 2 aromatic heterocycles. The van der Waals surface area contributed by atoms with Gasteiger partial charge in [-0.3, -0.25) is 19.3 Å². The van der Waals surface area contributed by atoms with E-state index < -0.39 is 23.4 Å². The van der Waals surface area contributed by atoms with Gasteiger partial charge >= 0.3 is 0 Å². The molecule has 0 unspecified atom stereocenters. The number of ether oxygens (including phenoxy) is 1. The topological polar surface area (TPSA) is 104 Å². The first kappa shape index (κ1) is 22.3. The van der Waals surface area contributed by atoms with Crippen molar-refractivity contribution < 1.29 is 22.7 Å². The molecule has 1 amide bonds. The summed E-state index contributed by atoms with van der Waals surface area (Å²) < 4.78 is 51.3. The van der Waals surface area contributed by atoms with Crippen molar-refractivity contribution >= 4 is 29.5 Å². The number of nitrogens with one attached hydrogen (secondary N) is 3. The van der Waals surface area contributed by atoms with Crippen molar-refractivity contribution in [3.8, 4) is 5.75 Å². The highest BCUT2D eigenvalue weighted by atomic mass is 32.2. The van der Waals surface area contributed by atoms with Crippen LogP contribution in [0.2, 0.25) is 0 Å². The quantitative estimate of drug-likeness (QED) is 0.381. The number of carbonyl (C=O) groups is 1. The maximum atomic E-state index is 13.5. The number of carbonyl (C=O) groups excluding carboxylic acids is 1. The van der Waals surface area contributed by atoms with Crippen LogP contribution in [0.1, 0.15) is 10.5 Å². The second-order valence-corrected chi connectivity index (χ2v) is 8.93. The van der Waals surface area contributed by atoms with E-state index in [0.29, 0.717) is 41.8 Å². The molecular weight excluding hydrogens is 473 g/mol. The number of benzene rings is 1. The van der Waals surface area contributed by atoms with Gasteiger partial charge in [-0.1, -0.05) is 0 Å². The standard InChI is InChI=1S/C21H19F3N6O3S/c1-29-8-15-19(18(29)20(32)26-11-4-12(22)17(24)13(23)5-11)33-9-10-6-30(7-14(10)28-34-15)21-25-3-2-16(31)27-21/h2-5,8,10,14,28H,6-7,9H2,1H3,(H,26,32)(H,25,27,31)/t10-,14-/m1/s1. The molecule has 0 aliphatic carbocycles. The average molecular weight is 492 g/mol. The number of aromatic nitrogens is 3. The van der Waals surface area contributed by atoms with E-state index in [0.717, 1.165) is 0 Å². The third kappa shape index (κ3) is 4.12. The number of aryl methyl sites for hydroxylation is 1. The summed E-state index contributed by atoms with van der Waals surface area (Å²) >= 11 is 1.30. The summed E-state index contributed by atoms with van der Waals surface area (Å²) in [6.45, 7) is 1.46. The lowest BCUT2D eigenvalue weighted by Crippen LogP contribution is -2.36. The Labute approximate surface area is 195 Å². The third-order valence-corrected chi connectivity index (χ3v) is 6.65. The van der Waals surface area contributed by atoms with Crippen molar-refractivity contribution in [2.45, 2.75) is 10.9 Å². The summed E-state index contributed by atoms with van der Waals surface area (Å²) in [6.07, 6.45) is 3.16. The summed E-state index contributed by atoms with van der Waals surface area (Å²) in [5.41, 5.74) is -0.307. The lowest BCUT2D eigenvalue weighted by Gasteiger charge is -2.23. The zero-order chi connectivity index (χ0) is 24.0. The summed E-state index contributed by atoms with van der Waals surface area (Å²) in [4.78, 5) is 34.1. The van der Waals surface area contributed by atoms with Gasteiger partial charge in [0.2, 0.25) is 5.95 Å². The Balaban J connectivity index is 1.35. The molecular formula is C21H19F3N6O3S. The van der Waals surface area contributed by atoms with Crippen LogP contribution >= 0.6 is 11.9 Å². The monoisotopic (exact) mass is 492 g/mol. The van der Waals surface area contributed by atoms with E-state index >= 15 is 0 Å². The van der Waals surface area contributed by atoms with E-state index in [1.165, 1.54) is 24.2 Å². The molecule has 2 aliphatic rings. The summed E-state index contributed by atoms with van der Waals surface area (Å²) in [6, 6.07) is 2.79. The first-order chi connectivity index (χ1) is 16.3. The predicted octanol–water partition coefficient (Wildman–Crippen LogP) is 2.27. The number of aromatic amines is 1. The molecule has 0 spiro atoms. The Morgan fingerprint density at radius 2 is 2.03 bits per heavy atom. The molecule has 2 atom stereocenters. The molecule has 0 saturated carbocycles. The van der Waals surface area contributed by atoms with Crippen LogP contribution in [0.3, 0.4) is 0 Å². The maximum absolute atomic E-state index is 13.5. The zero-order valence-corrected chi connectivity index (χ0v) is 18.6. The first-order valence-corrected chi connectivity index (χ1v) is 11.1. The van der Waals surface area contributed by atoms with E-state index in [-0.39, 0.29) is 35.5 Å². The van der Waals surface area contributed by atoms with Crippen LogP contribution in [0.15, 0.2) is 40.3 Å². The predicted molar refractivity (Wildman–Crippen MR) is 119 cm³/mol. The van der Waals surface area contributed by atoms with Gasteiger partial charge in [-0.15, -0.1) is 0 Å². The molecule has 34 heavy (non-hydrogen) atoms. The fraction of sp³-hybridized carbons (Fsp3) is 0.286. The van der Waals surface area contributed by atoms with Gasteiger partial charge in [0, 0.05) is 68.4 Å². The Bertz CT molecular complexity index is 1310. The largest absolute Gasteiger partial charge is 0.489 e. The molecule has 13 heteroatoms. The number of anilines is 2. The van der Waals surface area contributed by atoms with Gasteiger partial charge in [-0.25, -0.2) is 18.2 Å². The van der Waals surface area contributed by atoms with Crippen LogP contribution in [0.25, 0.3) is 0 Å². The number of hydrogen-bond acceptors (Lipinski definition) is 7. The molecule has 2 aliphatic heterocycles. The minimum atomic E-state index is -1.61. The van der Waals surface area contributed by atoms with Crippen molar-refractivity contribution in [2.24, 2.45) is 13.0 Å². The number of fused-ring (bicyclic) bond motifs is 2. The second kappa shape index (κ2) is 8.72. The summed E-state index contributed by atoms with van der Waals surface area (Å²) in [7, 11) is 1.65. The molecule has 1 fully saturated rings. The van der Waals surface area contributed by atoms with Gasteiger partial charge in [0.05, 0.1) is 11.5 Å². The second-order valence-electron chi connectivity index (χ2n) is 8.05. The highest BCUT2D eigenvalue weighted by Crippen LogP contribution is 2.37. The third-order valence-electron chi connectivity index (χ3n) is 5.72. The molecule has 0 bridgehead atoms. The number of nitrogens with zero attached hydrogens (tertiary/aromatic N) is 3. The van der Waals surface area contributed by atoms with Crippen LogP contribution in [-0.2, 0) is 7.05 Å². The van der Waals surface area contributed by atoms with Crippen molar-refractivity contribution in [1.29, 1.82) is 0 Å². The lowest BCUT2D eigenvalue weighted by atomic mass is 10.1. The smallest absolute Gasteiger partial charge is 0.276 e. The van der Waals surface area contributed by atoms with E-state index in [1.807, 2.05) is 4.90 Å². The van der Waals surface area contributed by atoms with Gasteiger partial charge in [0.15, 0.2) is 28.9 Å². The Hall–Kier alpha value is -3.45. The summed E-state index contributed by atoms with van der Waals surface area (Å²) in [5.74, 6) is -4.25. The van der Waals surface area contributed by atoms with Crippen LogP contribution in [0, 0.1) is 23.4 Å². The fourth-order valence-corrected chi connectivity index (χ4v) is 5.07. The highest BCUT2D eigenvalue weighted by Gasteiger charge is 2.37. The number of rotatable bonds is 3. The molecule has 4 heterocycles. The van der Waals surface area contributed by atoms with Crippen molar-refractivity contribution in [3.05, 3.63) is 64.1 Å². The lowest BCUT2D eigenvalue weighted by molar-refractivity contribution is 0.101. The van der Waals surface area contributed by atoms with Crippen molar-refractivity contribution in [2.75, 3.05) is 29.9 Å². The SMILES string of the molecule is Cn1cc2c(c1C(=O)Nc1cc(F)c(F)c(F)c1)OC[C@H]1CN(c3nccc(=O)[nH]3)C[C@H]1NS2. The van der Waals surface area contributed by atoms with Gasteiger partial charge in [-0.05, 0) is 11.9 Å². The minimum Gasteiger partial charge on any atom is -0.489 e. The van der Waals surface area contributed by atoms with Gasteiger partial charge in [-0.2, -0.15) is 0 Å². The number of H-pyrrole nitrogens is 1. The minimum absolute atomic E-state index is 0.0302. The highest BCUT2D eigenvalue weighted by molar-refractivity contribution is 7.97. The molecule has 178 valence electrons. The van der Waals surface area contributed by atoms with Crippen LogP contribution in [0.5, 0.6) is 5.75 Å². The maximum Gasteiger partial charge on any atom is 0.276 e. The zero-order valence-electron chi connectivity index (χ0n) is 17.8. The first-order valence-electron chi connectivity index (χ1n) is 10.3. The van der Waals surface area contributed by atoms with E-state index in [1.54, 1.807) is 17.8 Å². The average Bonchev–Trinajstić information content (AvgIpc) is 3.32. The normalized spacial score (nSPS) is 19.6. The van der Waals surface area contributed by atoms with Crippen molar-refractivity contribution in [3.63, 3.8) is 0 Å². The molecule has 3 N–H and O–H groups in total. The Morgan fingerprint density at radius 3 is 2.76 bits per heavy atom. The number of hydrogen-bond donors (Lipinski definition) is 3. The van der Waals surface area contributed by atoms with E-state index in [9.17, 15) is 22.8 Å². The van der Waals surface area contributed by atoms with Gasteiger partial charge in [0.25, 0.3) is 11.5 Å². The Kier molecular flexibility index (Phi) is 5.73. The molecule has 1 aromatic carbocycles. The van der Waals surface area contributed by atoms with Crippen molar-refractivity contribution in [1.82, 2.24) is 19.3 Å². The number of amides is 1. The molecule has 9 nitrogen and oxygen atoms in total. The number of halogens is 3. The molecule has 5 rings (SSSR count). The fourth-order valence-electron chi connectivity index (χ4n) is 4.07. The molecule has 0 radical (unpaired) electrons. The van der Waals surface area contributed by atoms with Crippen LogP contribution < -0.4 is 25.2 Å². The van der Waals surface area contributed by atoms with Crippen LogP contribution in [0.4, 0.5) is 24.8 Å². The van der Waals surface area contributed by atoms with Crippen LogP contribution in [-0.4, -0.2) is 46.2 Å². The van der Waals surface area contributed by atoms with E-state index in [4.69, 9.17) is 4.74 Å². The Morgan fingerprint density at radius 1 is 1.26 bits per heavy atom. The summed E-state index contributed by atoms with van der Waals surface area (Å²) in [5, 5.41) is 2.39. The van der Waals surface area contributed by atoms with Gasteiger partial charge < -0.3 is 19.5 Å². The molecule has 3 aromatic rings.